The van der Waals surface area contributed by atoms with Crippen LogP contribution in [0.5, 0.6) is 0 Å². The van der Waals surface area contributed by atoms with Crippen molar-refractivity contribution >= 4 is 17.4 Å². The molecule has 0 bridgehead atoms. The summed E-state index contributed by atoms with van der Waals surface area (Å²) in [5.74, 6) is -0.607. The number of benzene rings is 1. The first-order valence-electron chi connectivity index (χ1n) is 8.42. The van der Waals surface area contributed by atoms with Crippen molar-refractivity contribution in [3.05, 3.63) is 41.6 Å². The number of nitrogens with one attached hydrogen (secondary N) is 2. The fraction of sp³-hybridized carbons (Fsp3) is 0.421. The minimum atomic E-state index is -0.519. The highest BCUT2D eigenvalue weighted by Crippen LogP contribution is 2.12. The minimum absolute atomic E-state index is 0.0277. The van der Waals surface area contributed by atoms with Gasteiger partial charge in [-0.3, -0.25) is 9.59 Å². The van der Waals surface area contributed by atoms with Crippen LogP contribution in [0.15, 0.2) is 36.0 Å². The summed E-state index contributed by atoms with van der Waals surface area (Å²) in [4.78, 5) is 23.5. The molecule has 1 amide bonds. The van der Waals surface area contributed by atoms with Crippen molar-refractivity contribution in [3.8, 4) is 6.07 Å². The largest absolute Gasteiger partial charge is 0.390 e. The van der Waals surface area contributed by atoms with E-state index in [0.717, 1.165) is 25.9 Å². The number of ether oxygens (including phenoxy) is 1. The van der Waals surface area contributed by atoms with E-state index in [0.29, 0.717) is 24.4 Å². The minimum Gasteiger partial charge on any atom is -0.390 e. The molecular weight excluding hydrogens is 318 g/mol. The molecule has 0 saturated heterocycles. The smallest absolute Gasteiger partial charge is 0.267 e. The molecule has 6 nitrogen and oxygen atoms in total. The molecule has 0 atom stereocenters. The van der Waals surface area contributed by atoms with Crippen LogP contribution < -0.4 is 10.6 Å². The average molecular weight is 343 g/mol. The summed E-state index contributed by atoms with van der Waals surface area (Å²) >= 11 is 0. The van der Waals surface area contributed by atoms with Crippen LogP contribution in [-0.2, 0) is 9.53 Å². The molecule has 1 aromatic carbocycles. The van der Waals surface area contributed by atoms with Crippen molar-refractivity contribution in [2.24, 2.45) is 0 Å². The number of ketones is 1. The molecule has 134 valence electrons. The van der Waals surface area contributed by atoms with Gasteiger partial charge in [-0.25, -0.2) is 0 Å². The summed E-state index contributed by atoms with van der Waals surface area (Å²) in [5, 5.41) is 14.7. The van der Waals surface area contributed by atoms with Gasteiger partial charge in [-0.1, -0.05) is 25.5 Å². The second kappa shape index (κ2) is 11.8. The number of amides is 1. The van der Waals surface area contributed by atoms with Crippen molar-refractivity contribution in [1.82, 2.24) is 5.32 Å². The molecule has 1 rings (SSSR count). The lowest BCUT2D eigenvalue weighted by molar-refractivity contribution is -0.112. The number of Topliss-reactive ketones (excluding diaryl/α,β-unsaturated/α-hetero) is 1. The number of carbonyl (C=O) groups excluding carboxylic acids is 2. The highest BCUT2D eigenvalue weighted by molar-refractivity contribution is 6.07. The van der Waals surface area contributed by atoms with Crippen molar-refractivity contribution in [2.45, 2.75) is 33.1 Å². The zero-order valence-electron chi connectivity index (χ0n) is 14.8. The summed E-state index contributed by atoms with van der Waals surface area (Å²) in [7, 11) is 0. The lowest BCUT2D eigenvalue weighted by Crippen LogP contribution is -2.18. The predicted octanol–water partition coefficient (Wildman–Crippen LogP) is 3.03. The predicted molar refractivity (Wildman–Crippen MR) is 97.1 cm³/mol. The summed E-state index contributed by atoms with van der Waals surface area (Å²) in [6.45, 7) is 5.59. The molecule has 0 aromatic heterocycles. The molecule has 6 heteroatoms. The standard InChI is InChI=1S/C19H25N3O3/c1-3-4-10-25-11-6-9-21-14-17(13-20)19(24)22-18-8-5-7-16(12-18)15(2)23/h5,7-8,12,14,21H,3-4,6,9-11H2,1-2H3,(H,22,24)/b17-14-. The third-order valence-electron chi connectivity index (χ3n) is 3.39. The van der Waals surface area contributed by atoms with E-state index in [-0.39, 0.29) is 11.4 Å². The van der Waals surface area contributed by atoms with Crippen LogP contribution in [0.4, 0.5) is 5.69 Å². The number of carbonyl (C=O) groups is 2. The number of hydrogen-bond donors (Lipinski definition) is 2. The zero-order valence-corrected chi connectivity index (χ0v) is 14.8. The van der Waals surface area contributed by atoms with Crippen molar-refractivity contribution in [3.63, 3.8) is 0 Å². The fourth-order valence-corrected chi connectivity index (χ4v) is 1.96. The van der Waals surface area contributed by atoms with Crippen LogP contribution in [0.1, 0.15) is 43.5 Å². The average Bonchev–Trinajstić information content (AvgIpc) is 2.60. The van der Waals surface area contributed by atoms with Gasteiger partial charge in [0.2, 0.25) is 0 Å². The monoisotopic (exact) mass is 343 g/mol. The topological polar surface area (TPSA) is 91.2 Å². The first kappa shape index (κ1) is 20.4. The van der Waals surface area contributed by atoms with Gasteiger partial charge in [-0.05, 0) is 31.9 Å². The van der Waals surface area contributed by atoms with Gasteiger partial charge in [0, 0.05) is 37.2 Å². The SMILES string of the molecule is CCCCOCCCN/C=C(/C#N)C(=O)Nc1cccc(C(C)=O)c1. The maximum absolute atomic E-state index is 12.1. The molecule has 0 fully saturated rings. The maximum Gasteiger partial charge on any atom is 0.267 e. The molecule has 0 heterocycles. The Balaban J connectivity index is 2.45. The molecule has 0 radical (unpaired) electrons. The van der Waals surface area contributed by atoms with Crippen LogP contribution in [0.3, 0.4) is 0 Å². The Morgan fingerprint density at radius 2 is 2.04 bits per heavy atom. The van der Waals surface area contributed by atoms with Gasteiger partial charge >= 0.3 is 0 Å². The van der Waals surface area contributed by atoms with Crippen LogP contribution in [0.25, 0.3) is 0 Å². The van der Waals surface area contributed by atoms with Gasteiger partial charge in [0.15, 0.2) is 5.78 Å². The molecule has 1 aromatic rings. The third kappa shape index (κ3) is 8.13. The van der Waals surface area contributed by atoms with E-state index in [9.17, 15) is 9.59 Å². The Morgan fingerprint density at radius 1 is 1.28 bits per heavy atom. The van der Waals surface area contributed by atoms with E-state index in [4.69, 9.17) is 10.00 Å². The Morgan fingerprint density at radius 3 is 2.72 bits per heavy atom. The number of nitriles is 1. The summed E-state index contributed by atoms with van der Waals surface area (Å²) in [6.07, 6.45) is 4.35. The molecule has 2 N–H and O–H groups in total. The van der Waals surface area contributed by atoms with E-state index >= 15 is 0 Å². The number of unbranched alkanes of at least 4 members (excludes halogenated alkanes) is 1. The van der Waals surface area contributed by atoms with E-state index in [2.05, 4.69) is 17.6 Å². The highest BCUT2D eigenvalue weighted by atomic mass is 16.5. The lowest BCUT2D eigenvalue weighted by Gasteiger charge is -2.06. The Labute approximate surface area is 148 Å². The first-order chi connectivity index (χ1) is 12.1. The van der Waals surface area contributed by atoms with Crippen LogP contribution in [0.2, 0.25) is 0 Å². The Kier molecular flexibility index (Phi) is 9.64. The quantitative estimate of drug-likeness (QED) is 0.279. The highest BCUT2D eigenvalue weighted by Gasteiger charge is 2.10. The number of hydrogen-bond acceptors (Lipinski definition) is 5. The van der Waals surface area contributed by atoms with Gasteiger partial charge < -0.3 is 15.4 Å². The first-order valence-corrected chi connectivity index (χ1v) is 8.42. The van der Waals surface area contributed by atoms with Crippen LogP contribution in [-0.4, -0.2) is 31.4 Å². The van der Waals surface area contributed by atoms with E-state index in [1.165, 1.54) is 13.1 Å². The number of anilines is 1. The summed E-state index contributed by atoms with van der Waals surface area (Å²) in [5.41, 5.74) is 0.949. The number of nitrogens with zero attached hydrogens (tertiary/aromatic N) is 1. The normalized spacial score (nSPS) is 10.8. The molecule has 0 unspecified atom stereocenters. The summed E-state index contributed by atoms with van der Waals surface area (Å²) < 4.78 is 5.43. The molecule has 0 aliphatic rings. The van der Waals surface area contributed by atoms with Crippen LogP contribution in [0, 0.1) is 11.3 Å². The van der Waals surface area contributed by atoms with Crippen molar-refractivity contribution in [2.75, 3.05) is 25.1 Å². The molecule has 0 spiro atoms. The van der Waals surface area contributed by atoms with Crippen molar-refractivity contribution < 1.29 is 14.3 Å². The van der Waals surface area contributed by atoms with E-state index in [1.807, 2.05) is 6.07 Å². The third-order valence-corrected chi connectivity index (χ3v) is 3.39. The zero-order chi connectivity index (χ0) is 18.5. The van der Waals surface area contributed by atoms with Crippen molar-refractivity contribution in [1.29, 1.82) is 5.26 Å². The number of rotatable bonds is 11. The molecule has 25 heavy (non-hydrogen) atoms. The molecule has 0 aliphatic carbocycles. The Hall–Kier alpha value is -2.65. The van der Waals surface area contributed by atoms with E-state index < -0.39 is 5.91 Å². The second-order valence-corrected chi connectivity index (χ2v) is 5.53. The Bertz CT molecular complexity index is 648. The van der Waals surface area contributed by atoms with Gasteiger partial charge in [0.1, 0.15) is 11.6 Å². The lowest BCUT2D eigenvalue weighted by atomic mass is 10.1. The maximum atomic E-state index is 12.1. The van der Waals surface area contributed by atoms with Gasteiger partial charge in [-0.15, -0.1) is 0 Å². The van der Waals surface area contributed by atoms with E-state index in [1.54, 1.807) is 24.3 Å². The molecule has 0 saturated carbocycles. The fourth-order valence-electron chi connectivity index (χ4n) is 1.96. The van der Waals surface area contributed by atoms with Gasteiger partial charge in [0.25, 0.3) is 5.91 Å². The van der Waals surface area contributed by atoms with Gasteiger partial charge in [0.05, 0.1) is 0 Å². The molecule has 0 aliphatic heterocycles. The van der Waals surface area contributed by atoms with Crippen LogP contribution >= 0.6 is 0 Å². The summed E-state index contributed by atoms with van der Waals surface area (Å²) in [6, 6.07) is 8.46. The second-order valence-electron chi connectivity index (χ2n) is 5.53. The van der Waals surface area contributed by atoms with Gasteiger partial charge in [-0.2, -0.15) is 5.26 Å². The molecular formula is C19H25N3O3.